The second-order valence-electron chi connectivity index (χ2n) is 9.65. The Balaban J connectivity index is 1.83. The number of nitrogens with two attached hydrogens (primary N) is 1. The van der Waals surface area contributed by atoms with Gasteiger partial charge in [-0.15, -0.1) is 11.3 Å². The molecule has 0 aliphatic heterocycles. The number of anilines is 2. The number of benzene rings is 1. The lowest BCUT2D eigenvalue weighted by Gasteiger charge is -2.33. The minimum atomic E-state index is -0.999. The second-order valence-corrected chi connectivity index (χ2v) is 10.8. The van der Waals surface area contributed by atoms with Gasteiger partial charge in [-0.05, 0) is 73.8 Å². The number of fused-ring (bicyclic) bond motifs is 1. The smallest absolute Gasteiger partial charge is 0.341 e. The molecule has 2 aromatic rings. The molecule has 0 saturated heterocycles. The van der Waals surface area contributed by atoms with E-state index in [0.29, 0.717) is 34.2 Å². The van der Waals surface area contributed by atoms with E-state index >= 15 is 0 Å². The molecule has 0 saturated carbocycles. The molecular formula is C26H34N2O5S. The van der Waals surface area contributed by atoms with Crippen molar-refractivity contribution >= 4 is 39.9 Å². The molecule has 184 valence electrons. The third-order valence-corrected chi connectivity index (χ3v) is 7.43. The van der Waals surface area contributed by atoms with Gasteiger partial charge in [0.15, 0.2) is 6.10 Å². The van der Waals surface area contributed by atoms with E-state index in [2.05, 4.69) is 26.1 Å². The van der Waals surface area contributed by atoms with Crippen LogP contribution in [0, 0.1) is 11.3 Å². The fourth-order valence-corrected chi connectivity index (χ4v) is 5.48. The van der Waals surface area contributed by atoms with Crippen LogP contribution < -0.4 is 11.1 Å². The zero-order valence-electron chi connectivity index (χ0n) is 20.5. The molecule has 1 aromatic heterocycles. The van der Waals surface area contributed by atoms with Crippen molar-refractivity contribution < 1.29 is 23.9 Å². The maximum atomic E-state index is 13.1. The number of nitrogens with one attached hydrogen (secondary N) is 1. The zero-order chi connectivity index (χ0) is 25.0. The highest BCUT2D eigenvalue weighted by Crippen LogP contribution is 2.44. The normalized spacial score (nSPS) is 16.3. The Hall–Kier alpha value is -2.87. The van der Waals surface area contributed by atoms with Gasteiger partial charge in [-0.25, -0.2) is 9.59 Å². The molecule has 0 spiro atoms. The van der Waals surface area contributed by atoms with Crippen molar-refractivity contribution in [3.63, 3.8) is 0 Å². The summed E-state index contributed by atoms with van der Waals surface area (Å²) >= 11 is 1.42. The Morgan fingerprint density at radius 1 is 1.15 bits per heavy atom. The van der Waals surface area contributed by atoms with Crippen molar-refractivity contribution in [3.05, 3.63) is 45.8 Å². The summed E-state index contributed by atoms with van der Waals surface area (Å²) in [5, 5.41) is 3.32. The number of thiophene rings is 1. The van der Waals surface area contributed by atoms with Crippen LogP contribution in [0.4, 0.5) is 10.7 Å². The molecule has 1 amide bonds. The molecule has 0 bridgehead atoms. The van der Waals surface area contributed by atoms with Gasteiger partial charge in [-0.2, -0.15) is 0 Å². The average Bonchev–Trinajstić information content (AvgIpc) is 3.14. The third-order valence-electron chi connectivity index (χ3n) is 6.27. The molecule has 7 nitrogen and oxygen atoms in total. The Morgan fingerprint density at radius 2 is 1.82 bits per heavy atom. The summed E-state index contributed by atoms with van der Waals surface area (Å²) in [5.41, 5.74) is 8.06. The lowest BCUT2D eigenvalue weighted by atomic mass is 9.72. The molecule has 2 atom stereocenters. The summed E-state index contributed by atoms with van der Waals surface area (Å²) in [6.45, 7) is 10.5. The number of hydrogen-bond donors (Lipinski definition) is 2. The van der Waals surface area contributed by atoms with E-state index in [-0.39, 0.29) is 12.0 Å². The Kier molecular flexibility index (Phi) is 8.02. The van der Waals surface area contributed by atoms with Gasteiger partial charge in [0, 0.05) is 10.6 Å². The molecule has 0 radical (unpaired) electrons. The largest absolute Gasteiger partial charge is 0.462 e. The van der Waals surface area contributed by atoms with Crippen LogP contribution in [-0.4, -0.2) is 30.6 Å². The van der Waals surface area contributed by atoms with E-state index in [1.165, 1.54) is 11.3 Å². The molecule has 1 aromatic carbocycles. The summed E-state index contributed by atoms with van der Waals surface area (Å²) in [4.78, 5) is 39.5. The summed E-state index contributed by atoms with van der Waals surface area (Å²) in [5.74, 6) is -1.02. The first-order valence-corrected chi connectivity index (χ1v) is 12.6. The summed E-state index contributed by atoms with van der Waals surface area (Å²) in [6.07, 6.45) is 1.89. The van der Waals surface area contributed by atoms with Gasteiger partial charge in [0.2, 0.25) is 0 Å². The van der Waals surface area contributed by atoms with Crippen LogP contribution in [0.25, 0.3) is 0 Å². The molecule has 1 aliphatic rings. The van der Waals surface area contributed by atoms with Gasteiger partial charge < -0.3 is 20.5 Å². The van der Waals surface area contributed by atoms with Crippen LogP contribution in [-0.2, 0) is 27.1 Å². The van der Waals surface area contributed by atoms with Gasteiger partial charge >= 0.3 is 11.9 Å². The predicted molar refractivity (Wildman–Crippen MR) is 134 cm³/mol. The fraction of sp³-hybridized carbons (Fsp3) is 0.500. The quantitative estimate of drug-likeness (QED) is 0.410. The van der Waals surface area contributed by atoms with E-state index < -0.39 is 23.9 Å². The van der Waals surface area contributed by atoms with Crippen molar-refractivity contribution in [2.75, 3.05) is 17.7 Å². The van der Waals surface area contributed by atoms with E-state index in [9.17, 15) is 14.4 Å². The molecule has 1 heterocycles. The first kappa shape index (κ1) is 25.7. The molecule has 8 heteroatoms. The minimum Gasteiger partial charge on any atom is -0.462 e. The first-order chi connectivity index (χ1) is 16.0. The minimum absolute atomic E-state index is 0.152. The molecule has 34 heavy (non-hydrogen) atoms. The maximum absolute atomic E-state index is 13.1. The van der Waals surface area contributed by atoms with Crippen LogP contribution >= 0.6 is 11.3 Å². The highest BCUT2D eigenvalue weighted by atomic mass is 32.1. The molecule has 1 aliphatic carbocycles. The predicted octanol–water partition coefficient (Wildman–Crippen LogP) is 5.23. The van der Waals surface area contributed by atoms with E-state index in [4.69, 9.17) is 15.2 Å². The Bertz CT molecular complexity index is 1050. The molecule has 2 unspecified atom stereocenters. The number of carbonyl (C=O) groups is 3. The highest BCUT2D eigenvalue weighted by Gasteiger charge is 2.35. The number of rotatable bonds is 7. The first-order valence-electron chi connectivity index (χ1n) is 11.7. The van der Waals surface area contributed by atoms with Crippen LogP contribution in [0.1, 0.15) is 78.6 Å². The number of carbonyl (C=O) groups excluding carboxylic acids is 3. The average molecular weight is 487 g/mol. The van der Waals surface area contributed by atoms with Crippen LogP contribution in [0.3, 0.4) is 0 Å². The molecule has 0 fully saturated rings. The SMILES string of the molecule is CCOC(=O)c1c(NC(=O)C(CC)OC(=O)c2ccc(N)cc2)sc2c1CCC(C(C)(C)C)C2. The maximum Gasteiger partial charge on any atom is 0.341 e. The fourth-order valence-electron chi connectivity index (χ4n) is 4.16. The second kappa shape index (κ2) is 10.6. The van der Waals surface area contributed by atoms with Gasteiger partial charge in [-0.1, -0.05) is 27.7 Å². The van der Waals surface area contributed by atoms with E-state index in [1.807, 2.05) is 0 Å². The van der Waals surface area contributed by atoms with Crippen molar-refractivity contribution in [2.45, 2.75) is 66.4 Å². The number of ether oxygens (including phenoxy) is 2. The molecular weight excluding hydrogens is 452 g/mol. The molecule has 3 N–H and O–H groups in total. The third kappa shape index (κ3) is 5.78. The monoisotopic (exact) mass is 486 g/mol. The standard InChI is InChI=1S/C26H34N2O5S/c1-6-19(33-24(30)15-8-11-17(27)12-9-15)22(29)28-23-21(25(31)32-7-2)18-13-10-16(26(3,4)5)14-20(18)34-23/h8-9,11-12,16,19H,6-7,10,13-14,27H2,1-5H3,(H,28,29). The van der Waals surface area contributed by atoms with Gasteiger partial charge in [0.05, 0.1) is 17.7 Å². The zero-order valence-corrected chi connectivity index (χ0v) is 21.3. The number of amides is 1. The van der Waals surface area contributed by atoms with Crippen LogP contribution in [0.2, 0.25) is 0 Å². The van der Waals surface area contributed by atoms with Crippen molar-refractivity contribution in [2.24, 2.45) is 11.3 Å². The van der Waals surface area contributed by atoms with Gasteiger partial charge in [0.25, 0.3) is 5.91 Å². The summed E-state index contributed by atoms with van der Waals surface area (Å²) < 4.78 is 10.8. The van der Waals surface area contributed by atoms with Crippen molar-refractivity contribution in [1.29, 1.82) is 0 Å². The van der Waals surface area contributed by atoms with Gasteiger partial charge in [-0.3, -0.25) is 4.79 Å². The van der Waals surface area contributed by atoms with E-state index in [0.717, 1.165) is 29.7 Å². The van der Waals surface area contributed by atoms with Crippen LogP contribution in [0.15, 0.2) is 24.3 Å². The van der Waals surface area contributed by atoms with Gasteiger partial charge in [0.1, 0.15) is 5.00 Å². The number of hydrogen-bond acceptors (Lipinski definition) is 7. The lowest BCUT2D eigenvalue weighted by molar-refractivity contribution is -0.124. The topological polar surface area (TPSA) is 108 Å². The highest BCUT2D eigenvalue weighted by molar-refractivity contribution is 7.17. The number of esters is 2. The Morgan fingerprint density at radius 3 is 2.41 bits per heavy atom. The van der Waals surface area contributed by atoms with E-state index in [1.54, 1.807) is 38.1 Å². The summed E-state index contributed by atoms with van der Waals surface area (Å²) in [6, 6.07) is 6.31. The summed E-state index contributed by atoms with van der Waals surface area (Å²) in [7, 11) is 0. The Labute approximate surface area is 205 Å². The van der Waals surface area contributed by atoms with Crippen molar-refractivity contribution in [3.8, 4) is 0 Å². The lowest BCUT2D eigenvalue weighted by Crippen LogP contribution is -2.32. The number of nitrogen functional groups attached to an aromatic ring is 1. The van der Waals surface area contributed by atoms with Crippen molar-refractivity contribution in [1.82, 2.24) is 0 Å². The van der Waals surface area contributed by atoms with Crippen LogP contribution in [0.5, 0.6) is 0 Å². The molecule has 3 rings (SSSR count).